The first kappa shape index (κ1) is 22.9. The zero-order chi connectivity index (χ0) is 21.9. The van der Waals surface area contributed by atoms with E-state index in [0.29, 0.717) is 18.7 Å². The van der Waals surface area contributed by atoms with Gasteiger partial charge in [-0.15, -0.1) is 0 Å². The van der Waals surface area contributed by atoms with Gasteiger partial charge in [-0.1, -0.05) is 19.1 Å². The number of amides is 1. The lowest BCUT2D eigenvalue weighted by Gasteiger charge is -2.26. The van der Waals surface area contributed by atoms with Crippen molar-refractivity contribution in [1.29, 1.82) is 0 Å². The Kier molecular flexibility index (Phi) is 8.97. The van der Waals surface area contributed by atoms with E-state index in [2.05, 4.69) is 27.8 Å². The lowest BCUT2D eigenvalue weighted by Crippen LogP contribution is -2.42. The van der Waals surface area contributed by atoms with Gasteiger partial charge in [0, 0.05) is 25.2 Å². The van der Waals surface area contributed by atoms with Crippen molar-refractivity contribution in [1.82, 2.24) is 20.9 Å². The van der Waals surface area contributed by atoms with Crippen molar-refractivity contribution < 1.29 is 9.21 Å². The van der Waals surface area contributed by atoms with Crippen molar-refractivity contribution in [3.63, 3.8) is 0 Å². The predicted octanol–water partition coefficient (Wildman–Crippen LogP) is 3.31. The molecular weight excluding hydrogens is 390 g/mol. The number of carbonyl (C=O) groups is 1. The molecule has 3 rings (SSSR count). The standard InChI is InChI=1S/C24H35N5O2/c1-3-12-26-23(30)20-10-7-9-19(16-20)17-27-24(25-4-2)28-18-21(22-11-8-15-31-22)29-13-5-6-14-29/h7-11,15-16,21H,3-6,12-14,17-18H2,1-2H3,(H,26,30)(H2,25,27,28). The third kappa shape index (κ3) is 6.85. The average molecular weight is 426 g/mol. The minimum Gasteiger partial charge on any atom is -0.468 e. The van der Waals surface area contributed by atoms with Crippen LogP contribution in [0.15, 0.2) is 52.1 Å². The zero-order valence-electron chi connectivity index (χ0n) is 18.7. The highest BCUT2D eigenvalue weighted by atomic mass is 16.3. The third-order valence-corrected chi connectivity index (χ3v) is 5.40. The Balaban J connectivity index is 1.64. The van der Waals surface area contributed by atoms with Gasteiger partial charge in [0.25, 0.3) is 5.91 Å². The third-order valence-electron chi connectivity index (χ3n) is 5.40. The summed E-state index contributed by atoms with van der Waals surface area (Å²) in [6.07, 6.45) is 5.12. The van der Waals surface area contributed by atoms with Crippen LogP contribution in [0, 0.1) is 0 Å². The molecule has 1 aromatic carbocycles. The number of nitrogens with one attached hydrogen (secondary N) is 3. The van der Waals surface area contributed by atoms with Crippen LogP contribution in [0.2, 0.25) is 0 Å². The molecule has 0 saturated carbocycles. The normalized spacial score (nSPS) is 15.6. The van der Waals surface area contributed by atoms with Crippen LogP contribution in [-0.2, 0) is 6.54 Å². The smallest absolute Gasteiger partial charge is 0.251 e. The number of nitrogens with zero attached hydrogens (tertiary/aromatic N) is 2. The lowest BCUT2D eigenvalue weighted by molar-refractivity contribution is 0.0953. The molecule has 1 fully saturated rings. The summed E-state index contributed by atoms with van der Waals surface area (Å²) in [5.41, 5.74) is 1.68. The van der Waals surface area contributed by atoms with Crippen LogP contribution in [0.25, 0.3) is 0 Å². The summed E-state index contributed by atoms with van der Waals surface area (Å²) in [7, 11) is 0. The van der Waals surface area contributed by atoms with Crippen molar-refractivity contribution >= 4 is 11.9 Å². The summed E-state index contributed by atoms with van der Waals surface area (Å²) >= 11 is 0. The van der Waals surface area contributed by atoms with Gasteiger partial charge in [-0.3, -0.25) is 9.69 Å². The SMILES string of the molecule is CCCNC(=O)c1cccc(CN=C(NCC)NCC(c2ccco2)N2CCCC2)c1. The Labute approximate surface area is 185 Å². The fourth-order valence-electron chi connectivity index (χ4n) is 3.80. The van der Waals surface area contributed by atoms with E-state index in [1.54, 1.807) is 6.26 Å². The van der Waals surface area contributed by atoms with Gasteiger partial charge in [0.2, 0.25) is 0 Å². The number of likely N-dealkylation sites (tertiary alicyclic amines) is 1. The van der Waals surface area contributed by atoms with Crippen LogP contribution in [0.4, 0.5) is 0 Å². The van der Waals surface area contributed by atoms with Crippen LogP contribution >= 0.6 is 0 Å². The molecular formula is C24H35N5O2. The van der Waals surface area contributed by atoms with E-state index >= 15 is 0 Å². The topological polar surface area (TPSA) is 81.9 Å². The number of hydrogen-bond acceptors (Lipinski definition) is 4. The molecule has 1 aliphatic heterocycles. The van der Waals surface area contributed by atoms with Gasteiger partial charge in [0.15, 0.2) is 5.96 Å². The van der Waals surface area contributed by atoms with Crippen LogP contribution in [0.5, 0.6) is 0 Å². The van der Waals surface area contributed by atoms with E-state index < -0.39 is 0 Å². The van der Waals surface area contributed by atoms with Crippen LogP contribution in [0.3, 0.4) is 0 Å². The van der Waals surface area contributed by atoms with Crippen molar-refractivity contribution in [3.8, 4) is 0 Å². The molecule has 1 unspecified atom stereocenters. The monoisotopic (exact) mass is 425 g/mol. The first-order valence-corrected chi connectivity index (χ1v) is 11.4. The maximum absolute atomic E-state index is 12.2. The Morgan fingerprint density at radius 2 is 1.97 bits per heavy atom. The van der Waals surface area contributed by atoms with E-state index in [4.69, 9.17) is 9.41 Å². The maximum atomic E-state index is 12.2. The van der Waals surface area contributed by atoms with Crippen LogP contribution in [-0.4, -0.2) is 49.5 Å². The molecule has 31 heavy (non-hydrogen) atoms. The van der Waals surface area contributed by atoms with Crippen molar-refractivity contribution in [2.45, 2.75) is 45.7 Å². The van der Waals surface area contributed by atoms with Gasteiger partial charge in [0.1, 0.15) is 5.76 Å². The highest BCUT2D eigenvalue weighted by Gasteiger charge is 2.25. The summed E-state index contributed by atoms with van der Waals surface area (Å²) in [6, 6.07) is 11.8. The number of furan rings is 1. The van der Waals surface area contributed by atoms with Crippen molar-refractivity contribution in [2.75, 3.05) is 32.7 Å². The minimum absolute atomic E-state index is 0.0374. The van der Waals surface area contributed by atoms with Crippen LogP contribution < -0.4 is 16.0 Å². The number of guanidine groups is 1. The summed E-state index contributed by atoms with van der Waals surface area (Å²) in [5.74, 6) is 1.71. The first-order chi connectivity index (χ1) is 15.2. The van der Waals surface area contributed by atoms with Crippen molar-refractivity contribution in [3.05, 3.63) is 59.5 Å². The van der Waals surface area contributed by atoms with E-state index in [-0.39, 0.29) is 11.9 Å². The number of rotatable bonds is 10. The van der Waals surface area contributed by atoms with Crippen LogP contribution in [0.1, 0.15) is 60.8 Å². The number of benzene rings is 1. The van der Waals surface area contributed by atoms with Gasteiger partial charge in [0.05, 0.1) is 18.8 Å². The van der Waals surface area contributed by atoms with E-state index in [1.807, 2.05) is 43.3 Å². The number of carbonyl (C=O) groups excluding carboxylic acids is 1. The van der Waals surface area contributed by atoms with E-state index in [1.165, 1.54) is 12.8 Å². The largest absolute Gasteiger partial charge is 0.468 e. The molecule has 0 bridgehead atoms. The van der Waals surface area contributed by atoms with Crippen molar-refractivity contribution in [2.24, 2.45) is 4.99 Å². The molecule has 1 aliphatic rings. The Hall–Kier alpha value is -2.80. The number of hydrogen-bond donors (Lipinski definition) is 3. The highest BCUT2D eigenvalue weighted by Crippen LogP contribution is 2.24. The maximum Gasteiger partial charge on any atom is 0.251 e. The molecule has 1 atom stereocenters. The van der Waals surface area contributed by atoms with Gasteiger partial charge < -0.3 is 20.4 Å². The van der Waals surface area contributed by atoms with Gasteiger partial charge in [-0.25, -0.2) is 4.99 Å². The Morgan fingerprint density at radius 3 is 2.68 bits per heavy atom. The highest BCUT2D eigenvalue weighted by molar-refractivity contribution is 5.94. The summed E-state index contributed by atoms with van der Waals surface area (Å²) in [4.78, 5) is 19.4. The number of aliphatic imine (C=N–C) groups is 1. The summed E-state index contributed by atoms with van der Waals surface area (Å²) in [6.45, 7) is 8.96. The van der Waals surface area contributed by atoms with Gasteiger partial charge >= 0.3 is 0 Å². The second kappa shape index (κ2) is 12.2. The molecule has 2 aromatic rings. The molecule has 7 nitrogen and oxygen atoms in total. The van der Waals surface area contributed by atoms with E-state index in [9.17, 15) is 4.79 Å². The molecule has 168 valence electrons. The summed E-state index contributed by atoms with van der Waals surface area (Å²) < 4.78 is 5.71. The van der Waals surface area contributed by atoms with Gasteiger partial charge in [-0.05, 0) is 69.1 Å². The molecule has 7 heteroatoms. The Morgan fingerprint density at radius 1 is 1.13 bits per heavy atom. The molecule has 1 aromatic heterocycles. The molecule has 0 aliphatic carbocycles. The fraction of sp³-hybridized carbons (Fsp3) is 0.500. The van der Waals surface area contributed by atoms with Gasteiger partial charge in [-0.2, -0.15) is 0 Å². The Bertz CT molecular complexity index is 828. The summed E-state index contributed by atoms with van der Waals surface area (Å²) in [5, 5.41) is 9.72. The molecule has 1 amide bonds. The second-order valence-corrected chi connectivity index (χ2v) is 7.81. The molecule has 3 N–H and O–H groups in total. The molecule has 0 radical (unpaired) electrons. The quantitative estimate of drug-likeness (QED) is 0.402. The zero-order valence-corrected chi connectivity index (χ0v) is 18.7. The minimum atomic E-state index is -0.0374. The van der Waals surface area contributed by atoms with E-state index in [0.717, 1.165) is 49.9 Å². The molecule has 1 saturated heterocycles. The lowest BCUT2D eigenvalue weighted by atomic mass is 10.1. The molecule has 0 spiro atoms. The average Bonchev–Trinajstić information content (AvgIpc) is 3.51. The molecule has 2 heterocycles. The predicted molar refractivity (Wildman–Crippen MR) is 124 cm³/mol. The first-order valence-electron chi connectivity index (χ1n) is 11.4. The second-order valence-electron chi connectivity index (χ2n) is 7.81. The fourth-order valence-corrected chi connectivity index (χ4v) is 3.80.